The van der Waals surface area contributed by atoms with Crippen molar-refractivity contribution in [2.75, 3.05) is 0 Å². The zero-order valence-corrected chi connectivity index (χ0v) is 9.56. The second kappa shape index (κ2) is 4.97. The van der Waals surface area contributed by atoms with Gasteiger partial charge in [-0.25, -0.2) is 19.2 Å². The van der Waals surface area contributed by atoms with Crippen molar-refractivity contribution < 1.29 is 19.0 Å². The zero-order chi connectivity index (χ0) is 13.1. The van der Waals surface area contributed by atoms with Crippen LogP contribution in [0.3, 0.4) is 0 Å². The minimum Gasteiger partial charge on any atom is -0.478 e. The van der Waals surface area contributed by atoms with E-state index < -0.39 is 11.8 Å². The Kier molecular flexibility index (Phi) is 3.38. The summed E-state index contributed by atoms with van der Waals surface area (Å²) in [6, 6.07) is 3.07. The molecule has 5 nitrogen and oxygen atoms in total. The van der Waals surface area contributed by atoms with Gasteiger partial charge in [-0.15, -0.1) is 0 Å². The number of hydrogen-bond acceptors (Lipinski definition) is 4. The van der Waals surface area contributed by atoms with Gasteiger partial charge in [-0.3, -0.25) is 0 Å². The number of carboxylic acids is 1. The molecule has 0 saturated heterocycles. The molecule has 0 saturated carbocycles. The van der Waals surface area contributed by atoms with Crippen LogP contribution < -0.4 is 4.74 Å². The average molecular weight is 269 g/mol. The third kappa shape index (κ3) is 2.54. The Morgan fingerprint density at radius 2 is 2.22 bits per heavy atom. The SMILES string of the molecule is O=C(O)c1ccc(F)cc1Oc1ncncc1Cl. The van der Waals surface area contributed by atoms with Gasteiger partial charge in [-0.1, -0.05) is 11.6 Å². The maximum Gasteiger partial charge on any atom is 0.339 e. The molecule has 1 heterocycles. The number of aromatic carboxylic acids is 1. The molecule has 2 rings (SSSR count). The number of halogens is 2. The highest BCUT2D eigenvalue weighted by Gasteiger charge is 2.15. The fraction of sp³-hybridized carbons (Fsp3) is 0. The average Bonchev–Trinajstić information content (AvgIpc) is 2.32. The van der Waals surface area contributed by atoms with Crippen LogP contribution in [0.2, 0.25) is 5.02 Å². The molecule has 0 aliphatic heterocycles. The molecule has 0 aliphatic rings. The smallest absolute Gasteiger partial charge is 0.339 e. The summed E-state index contributed by atoms with van der Waals surface area (Å²) in [5.74, 6) is -2.08. The Balaban J connectivity index is 2.42. The van der Waals surface area contributed by atoms with Crippen LogP contribution in [0.5, 0.6) is 11.6 Å². The molecular formula is C11H6ClFN2O3. The number of nitrogens with zero attached hydrogens (tertiary/aromatic N) is 2. The Bertz CT molecular complexity index is 607. The highest BCUT2D eigenvalue weighted by Crippen LogP contribution is 2.29. The number of carbonyl (C=O) groups is 1. The molecule has 7 heteroatoms. The van der Waals surface area contributed by atoms with Crippen molar-refractivity contribution in [1.82, 2.24) is 9.97 Å². The van der Waals surface area contributed by atoms with Gasteiger partial charge in [-0.05, 0) is 12.1 Å². The van der Waals surface area contributed by atoms with Crippen LogP contribution in [-0.2, 0) is 0 Å². The maximum absolute atomic E-state index is 13.1. The standard InChI is InChI=1S/C11H6ClFN2O3/c12-8-4-14-5-15-10(8)18-9-3-6(13)1-2-7(9)11(16)17/h1-5H,(H,16,17). The van der Waals surface area contributed by atoms with Crippen molar-refractivity contribution in [2.45, 2.75) is 0 Å². The fourth-order valence-electron chi connectivity index (χ4n) is 1.24. The first kappa shape index (κ1) is 12.3. The highest BCUT2D eigenvalue weighted by molar-refractivity contribution is 6.31. The first-order valence-corrected chi connectivity index (χ1v) is 5.12. The lowest BCUT2D eigenvalue weighted by Gasteiger charge is -2.08. The molecular weight excluding hydrogens is 263 g/mol. The largest absolute Gasteiger partial charge is 0.478 e. The summed E-state index contributed by atoms with van der Waals surface area (Å²) in [4.78, 5) is 18.3. The summed E-state index contributed by atoms with van der Waals surface area (Å²) in [6.45, 7) is 0. The Hall–Kier alpha value is -2.21. The monoisotopic (exact) mass is 268 g/mol. The van der Waals surface area contributed by atoms with Gasteiger partial charge in [0.25, 0.3) is 0 Å². The molecule has 1 aromatic heterocycles. The van der Waals surface area contributed by atoms with Crippen molar-refractivity contribution in [3.05, 3.63) is 47.1 Å². The van der Waals surface area contributed by atoms with E-state index in [1.54, 1.807) is 0 Å². The van der Waals surface area contributed by atoms with Gasteiger partial charge in [0.05, 0.1) is 6.20 Å². The van der Waals surface area contributed by atoms with Gasteiger partial charge < -0.3 is 9.84 Å². The molecule has 0 aliphatic carbocycles. The molecule has 0 amide bonds. The molecule has 0 fully saturated rings. The summed E-state index contributed by atoms with van der Waals surface area (Å²) >= 11 is 5.75. The van der Waals surface area contributed by atoms with Crippen LogP contribution in [-0.4, -0.2) is 21.0 Å². The Morgan fingerprint density at radius 1 is 1.44 bits per heavy atom. The Morgan fingerprint density at radius 3 is 2.89 bits per heavy atom. The second-order valence-electron chi connectivity index (χ2n) is 3.22. The van der Waals surface area contributed by atoms with E-state index in [0.717, 1.165) is 18.2 Å². The number of aromatic nitrogens is 2. The van der Waals surface area contributed by atoms with E-state index in [1.165, 1.54) is 12.5 Å². The van der Waals surface area contributed by atoms with E-state index in [-0.39, 0.29) is 22.2 Å². The Labute approximate surface area is 106 Å². The zero-order valence-electron chi connectivity index (χ0n) is 8.80. The summed E-state index contributed by atoms with van der Waals surface area (Å²) in [5, 5.41) is 9.03. The fourth-order valence-corrected chi connectivity index (χ4v) is 1.38. The molecule has 1 N–H and O–H groups in total. The molecule has 18 heavy (non-hydrogen) atoms. The topological polar surface area (TPSA) is 72.3 Å². The van der Waals surface area contributed by atoms with E-state index >= 15 is 0 Å². The maximum atomic E-state index is 13.1. The van der Waals surface area contributed by atoms with Crippen molar-refractivity contribution in [3.63, 3.8) is 0 Å². The van der Waals surface area contributed by atoms with Crippen molar-refractivity contribution >= 4 is 17.6 Å². The van der Waals surface area contributed by atoms with Gasteiger partial charge in [0.1, 0.15) is 28.5 Å². The molecule has 1 aromatic carbocycles. The molecule has 0 bridgehead atoms. The van der Waals surface area contributed by atoms with E-state index in [1.807, 2.05) is 0 Å². The predicted octanol–water partition coefficient (Wildman–Crippen LogP) is 2.76. The molecule has 0 radical (unpaired) electrons. The van der Waals surface area contributed by atoms with Crippen LogP contribution in [0, 0.1) is 5.82 Å². The van der Waals surface area contributed by atoms with Gasteiger partial charge in [0, 0.05) is 6.07 Å². The van der Waals surface area contributed by atoms with Crippen LogP contribution in [0.4, 0.5) is 4.39 Å². The first-order chi connectivity index (χ1) is 8.58. The summed E-state index contributed by atoms with van der Waals surface area (Å²) in [7, 11) is 0. The third-order valence-electron chi connectivity index (χ3n) is 2.01. The molecule has 0 atom stereocenters. The third-order valence-corrected chi connectivity index (χ3v) is 2.27. The van der Waals surface area contributed by atoms with Gasteiger partial charge in [0.15, 0.2) is 0 Å². The number of hydrogen-bond donors (Lipinski definition) is 1. The van der Waals surface area contributed by atoms with Crippen LogP contribution in [0.15, 0.2) is 30.7 Å². The normalized spacial score (nSPS) is 10.1. The van der Waals surface area contributed by atoms with E-state index in [9.17, 15) is 9.18 Å². The highest BCUT2D eigenvalue weighted by atomic mass is 35.5. The predicted molar refractivity (Wildman–Crippen MR) is 60.5 cm³/mol. The number of carboxylic acid groups (broad SMARTS) is 1. The van der Waals surface area contributed by atoms with E-state index in [4.69, 9.17) is 21.4 Å². The molecule has 0 unspecified atom stereocenters. The minimum absolute atomic E-state index is 0.0419. The molecule has 92 valence electrons. The summed E-state index contributed by atoms with van der Waals surface area (Å²) in [5.41, 5.74) is -0.189. The van der Waals surface area contributed by atoms with E-state index in [0.29, 0.717) is 0 Å². The van der Waals surface area contributed by atoms with Crippen molar-refractivity contribution in [2.24, 2.45) is 0 Å². The lowest BCUT2D eigenvalue weighted by Crippen LogP contribution is -2.01. The number of benzene rings is 1. The van der Waals surface area contributed by atoms with Crippen LogP contribution in [0.25, 0.3) is 0 Å². The number of rotatable bonds is 3. The van der Waals surface area contributed by atoms with Gasteiger partial charge in [0.2, 0.25) is 5.88 Å². The lowest BCUT2D eigenvalue weighted by atomic mass is 10.2. The van der Waals surface area contributed by atoms with Gasteiger partial charge >= 0.3 is 5.97 Å². The van der Waals surface area contributed by atoms with Crippen molar-refractivity contribution in [1.29, 1.82) is 0 Å². The second-order valence-corrected chi connectivity index (χ2v) is 3.63. The summed E-state index contributed by atoms with van der Waals surface area (Å²) in [6.07, 6.45) is 2.46. The minimum atomic E-state index is -1.24. The lowest BCUT2D eigenvalue weighted by molar-refractivity contribution is 0.0694. The van der Waals surface area contributed by atoms with Crippen molar-refractivity contribution in [3.8, 4) is 11.6 Å². The molecule has 0 spiro atoms. The van der Waals surface area contributed by atoms with Crippen LogP contribution in [0.1, 0.15) is 10.4 Å². The first-order valence-electron chi connectivity index (χ1n) is 4.74. The molecule has 2 aromatic rings. The summed E-state index contributed by atoms with van der Waals surface area (Å²) < 4.78 is 18.3. The van der Waals surface area contributed by atoms with Gasteiger partial charge in [-0.2, -0.15) is 0 Å². The number of ether oxygens (including phenoxy) is 1. The quantitative estimate of drug-likeness (QED) is 0.927. The van der Waals surface area contributed by atoms with E-state index in [2.05, 4.69) is 9.97 Å². The van der Waals surface area contributed by atoms with Crippen LogP contribution >= 0.6 is 11.6 Å².